The van der Waals surface area contributed by atoms with Crippen LogP contribution in [-0.4, -0.2) is 22.5 Å². The summed E-state index contributed by atoms with van der Waals surface area (Å²) in [5.74, 6) is 0. The van der Waals surface area contributed by atoms with E-state index in [1.165, 1.54) is 0 Å². The van der Waals surface area contributed by atoms with Crippen molar-refractivity contribution in [3.8, 4) is 0 Å². The molecule has 1 rings (SSSR count). The zero-order valence-corrected chi connectivity index (χ0v) is 9.21. The summed E-state index contributed by atoms with van der Waals surface area (Å²) in [6.07, 6.45) is 1.94. The molecule has 1 heterocycles. The third-order valence-corrected chi connectivity index (χ3v) is 2.79. The summed E-state index contributed by atoms with van der Waals surface area (Å²) in [5.41, 5.74) is 5.40. The molecule has 0 aromatic rings. The average molecular weight is 364 g/mol. The van der Waals surface area contributed by atoms with Gasteiger partial charge in [-0.2, -0.15) is 4.42 Å². The van der Waals surface area contributed by atoms with Crippen LogP contribution in [-0.2, 0) is 21.1 Å². The number of halogens is 2. The van der Waals surface area contributed by atoms with Gasteiger partial charge in [-0.3, -0.25) is 0 Å². The fourth-order valence-electron chi connectivity index (χ4n) is 1.01. The first kappa shape index (κ1) is 11.2. The molecule has 0 aromatic carbocycles. The number of nitrogens with two attached hydrogens (primary N) is 1. The van der Waals surface area contributed by atoms with Crippen LogP contribution < -0.4 is 5.73 Å². The Morgan fingerprint density at radius 3 is 2.40 bits per heavy atom. The number of rotatable bonds is 1. The van der Waals surface area contributed by atoms with Crippen molar-refractivity contribution in [2.75, 3.05) is 13.1 Å². The maximum absolute atomic E-state index is 5.97. The minimum atomic E-state index is -0.457. The van der Waals surface area contributed by atoms with Crippen LogP contribution in [0.25, 0.3) is 0 Å². The molecule has 0 aliphatic carbocycles. The van der Waals surface area contributed by atoms with E-state index in [0.29, 0.717) is 6.54 Å². The Kier molecular flexibility index (Phi) is 4.78. The molecular weight excluding hydrogens is 354 g/mol. The maximum atomic E-state index is 5.97. The van der Waals surface area contributed by atoms with Gasteiger partial charge in [0.25, 0.3) is 0 Å². The predicted molar refractivity (Wildman–Crippen MR) is 39.4 cm³/mol. The van der Waals surface area contributed by atoms with Crippen LogP contribution in [0, 0.1) is 0 Å². The largest absolute Gasteiger partial charge is 0.328 e. The van der Waals surface area contributed by atoms with E-state index in [0.717, 1.165) is 19.4 Å². The minimum absolute atomic E-state index is 0. The molecule has 64 valence electrons. The summed E-state index contributed by atoms with van der Waals surface area (Å²) < 4.78 is 1.59. The van der Waals surface area contributed by atoms with Crippen molar-refractivity contribution >= 4 is 23.4 Å². The fraction of sp³-hybridized carbons (Fsp3) is 1.00. The minimum Gasteiger partial charge on any atom is -0.328 e. The third kappa shape index (κ3) is 2.09. The van der Waals surface area contributed by atoms with E-state index in [4.69, 9.17) is 29.1 Å². The predicted octanol–water partition coefficient (Wildman–Crippen LogP) is 1.13. The van der Waals surface area contributed by atoms with E-state index in [1.807, 2.05) is 0 Å². The van der Waals surface area contributed by atoms with Crippen molar-refractivity contribution < 1.29 is 21.1 Å². The molecule has 2 nitrogen and oxygen atoms in total. The second-order valence-electron chi connectivity index (χ2n) is 2.31. The van der Waals surface area contributed by atoms with Crippen molar-refractivity contribution in [2.45, 2.75) is 17.8 Å². The van der Waals surface area contributed by atoms with Gasteiger partial charge in [-0.15, -0.1) is 0 Å². The van der Waals surface area contributed by atoms with Crippen molar-refractivity contribution in [2.24, 2.45) is 5.73 Å². The molecule has 10 heavy (non-hydrogen) atoms. The molecule has 1 saturated heterocycles. The van der Waals surface area contributed by atoms with Gasteiger partial charge < -0.3 is 5.73 Å². The Hall–Kier alpha value is 1.19. The van der Waals surface area contributed by atoms with Gasteiger partial charge in [-0.25, -0.2) is 0 Å². The van der Waals surface area contributed by atoms with Crippen LogP contribution in [0.1, 0.15) is 12.8 Å². The van der Waals surface area contributed by atoms with E-state index in [1.54, 1.807) is 4.42 Å². The van der Waals surface area contributed by atoms with Crippen molar-refractivity contribution in [3.63, 3.8) is 0 Å². The topological polar surface area (TPSA) is 29.3 Å². The molecule has 5 heteroatoms. The van der Waals surface area contributed by atoms with E-state index in [-0.39, 0.29) is 21.1 Å². The molecular formula is C5H10Cl2N2Pt. The normalized spacial score (nSPS) is 33.9. The van der Waals surface area contributed by atoms with Crippen LogP contribution >= 0.6 is 23.4 Å². The Labute approximate surface area is 85.4 Å². The molecule has 1 aliphatic rings. The molecule has 0 amide bonds. The second kappa shape index (κ2) is 4.27. The molecule has 0 spiro atoms. The van der Waals surface area contributed by atoms with Gasteiger partial charge in [-0.05, 0) is 24.6 Å². The Morgan fingerprint density at radius 1 is 1.60 bits per heavy atom. The van der Waals surface area contributed by atoms with Crippen LogP contribution in [0.4, 0.5) is 0 Å². The Morgan fingerprint density at radius 2 is 2.20 bits per heavy atom. The number of alkyl halides is 1. The fourth-order valence-corrected chi connectivity index (χ4v) is 1.50. The number of hydrogen-bond acceptors (Lipinski definition) is 2. The smallest absolute Gasteiger partial charge is 0.122 e. The summed E-state index contributed by atoms with van der Waals surface area (Å²) in [5, 5.41) is 0. The van der Waals surface area contributed by atoms with Gasteiger partial charge in [0.05, 0.1) is 0 Å². The van der Waals surface area contributed by atoms with Crippen LogP contribution in [0.3, 0.4) is 0 Å². The van der Waals surface area contributed by atoms with E-state index < -0.39 is 5.00 Å². The summed E-state index contributed by atoms with van der Waals surface area (Å²) >= 11 is 11.7. The van der Waals surface area contributed by atoms with Crippen molar-refractivity contribution in [1.82, 2.24) is 4.42 Å². The van der Waals surface area contributed by atoms with E-state index >= 15 is 0 Å². The molecule has 1 aliphatic heterocycles. The molecule has 1 fully saturated rings. The van der Waals surface area contributed by atoms with Gasteiger partial charge in [0.15, 0.2) is 0 Å². The van der Waals surface area contributed by atoms with Gasteiger partial charge in [0.2, 0.25) is 0 Å². The molecule has 2 N–H and O–H groups in total. The molecule has 1 atom stereocenters. The number of hydrogen-bond donors (Lipinski definition) is 1. The molecule has 1 unspecified atom stereocenters. The molecule has 0 saturated carbocycles. The van der Waals surface area contributed by atoms with Gasteiger partial charge in [-0.1, -0.05) is 11.6 Å². The Balaban J connectivity index is 0.000000810. The monoisotopic (exact) mass is 363 g/mol. The average Bonchev–Trinajstić information content (AvgIpc) is 2.15. The van der Waals surface area contributed by atoms with Crippen molar-refractivity contribution in [1.29, 1.82) is 0 Å². The van der Waals surface area contributed by atoms with Crippen LogP contribution in [0.15, 0.2) is 0 Å². The standard InChI is InChI=1S/C5H10Cl2N2.Pt/c6-5(4-8)2-1-3-9(5)7;/h1-4,8H2;. The van der Waals surface area contributed by atoms with E-state index in [2.05, 4.69) is 0 Å². The second-order valence-corrected chi connectivity index (χ2v) is 3.42. The SMILES string of the molecule is NCC1(Cl)CCCN1Cl.[Pt]. The Bertz CT molecular complexity index is 114. The van der Waals surface area contributed by atoms with Gasteiger partial charge in [0, 0.05) is 34.2 Å². The van der Waals surface area contributed by atoms with E-state index in [9.17, 15) is 0 Å². The van der Waals surface area contributed by atoms with Gasteiger partial charge >= 0.3 is 0 Å². The summed E-state index contributed by atoms with van der Waals surface area (Å²) in [6.45, 7) is 1.28. The summed E-state index contributed by atoms with van der Waals surface area (Å²) in [6, 6.07) is 0. The zero-order chi connectivity index (χ0) is 6.91. The van der Waals surface area contributed by atoms with Crippen LogP contribution in [0.5, 0.6) is 0 Å². The summed E-state index contributed by atoms with van der Waals surface area (Å²) in [4.78, 5) is -0.457. The zero-order valence-electron chi connectivity index (χ0n) is 5.43. The van der Waals surface area contributed by atoms with Crippen LogP contribution in [0.2, 0.25) is 0 Å². The quantitative estimate of drug-likeness (QED) is 0.430. The third-order valence-electron chi connectivity index (χ3n) is 1.66. The van der Waals surface area contributed by atoms with Crippen molar-refractivity contribution in [3.05, 3.63) is 0 Å². The molecule has 0 radical (unpaired) electrons. The maximum Gasteiger partial charge on any atom is 0.122 e. The first-order valence-electron chi connectivity index (χ1n) is 3.01. The van der Waals surface area contributed by atoms with Gasteiger partial charge in [0.1, 0.15) is 5.00 Å². The summed E-state index contributed by atoms with van der Waals surface area (Å²) in [7, 11) is 0. The number of nitrogens with zero attached hydrogens (tertiary/aromatic N) is 1. The molecule has 0 bridgehead atoms. The first-order valence-corrected chi connectivity index (χ1v) is 3.73. The molecule has 0 aromatic heterocycles. The first-order chi connectivity index (χ1) is 4.19.